The molecule has 0 amide bonds. The molecule has 1 fully saturated rings. The molecule has 0 aliphatic carbocycles. The lowest BCUT2D eigenvalue weighted by Gasteiger charge is -2.41. The number of nitrogens with zero attached hydrogens (tertiary/aromatic N) is 5. The van der Waals surface area contributed by atoms with Crippen molar-refractivity contribution < 1.29 is 9.47 Å². The number of hydrogen-bond donors (Lipinski definition) is 0. The molecule has 1 unspecified atom stereocenters. The van der Waals surface area contributed by atoms with Crippen LogP contribution in [0.25, 0.3) is 5.78 Å². The highest BCUT2D eigenvalue weighted by molar-refractivity contribution is 5.48. The third-order valence-corrected chi connectivity index (χ3v) is 3.99. The number of morpholine rings is 1. The fraction of sp³-hybridized carbons (Fsp3) is 0.643. The van der Waals surface area contributed by atoms with Crippen LogP contribution in [0.1, 0.15) is 26.0 Å². The molecule has 0 N–H and O–H groups in total. The number of anilines is 1. The van der Waals surface area contributed by atoms with Gasteiger partial charge in [-0.1, -0.05) is 6.92 Å². The lowest BCUT2D eigenvalue weighted by Crippen LogP contribution is -2.50. The smallest absolute Gasteiger partial charge is 0.254 e. The Hall–Kier alpha value is -1.73. The molecule has 7 nitrogen and oxygen atoms in total. The first kappa shape index (κ1) is 14.2. The van der Waals surface area contributed by atoms with Gasteiger partial charge in [-0.15, -0.1) is 0 Å². The van der Waals surface area contributed by atoms with Crippen LogP contribution >= 0.6 is 0 Å². The van der Waals surface area contributed by atoms with E-state index < -0.39 is 0 Å². The minimum atomic E-state index is -0.129. The zero-order chi connectivity index (χ0) is 14.9. The van der Waals surface area contributed by atoms with Crippen molar-refractivity contribution in [2.45, 2.75) is 32.5 Å². The monoisotopic (exact) mass is 291 g/mol. The molecule has 3 heterocycles. The van der Waals surface area contributed by atoms with Gasteiger partial charge in [-0.3, -0.25) is 0 Å². The molecule has 0 aromatic carbocycles. The normalized spacial score (nSPS) is 22.9. The van der Waals surface area contributed by atoms with E-state index >= 15 is 0 Å². The summed E-state index contributed by atoms with van der Waals surface area (Å²) in [5, 5.41) is 4.29. The third-order valence-electron chi connectivity index (χ3n) is 3.99. The summed E-state index contributed by atoms with van der Waals surface area (Å²) < 4.78 is 12.9. The van der Waals surface area contributed by atoms with Gasteiger partial charge in [0.05, 0.1) is 24.5 Å². The van der Waals surface area contributed by atoms with Crippen molar-refractivity contribution in [3.63, 3.8) is 0 Å². The summed E-state index contributed by atoms with van der Waals surface area (Å²) >= 11 is 0. The molecule has 0 radical (unpaired) electrons. The SMILES string of the molecule is CCC1(C)CN(c2cc(COC)nc3ncnn23)CCO1. The number of fused-ring (bicyclic) bond motifs is 1. The van der Waals surface area contributed by atoms with E-state index in [9.17, 15) is 0 Å². The summed E-state index contributed by atoms with van der Waals surface area (Å²) in [6, 6.07) is 2.02. The molecule has 1 atom stereocenters. The van der Waals surface area contributed by atoms with Crippen molar-refractivity contribution >= 4 is 11.6 Å². The summed E-state index contributed by atoms with van der Waals surface area (Å²) in [6.45, 7) is 7.14. The number of aromatic nitrogens is 4. The summed E-state index contributed by atoms with van der Waals surface area (Å²) in [5.41, 5.74) is 0.730. The van der Waals surface area contributed by atoms with Crippen molar-refractivity contribution in [3.8, 4) is 0 Å². The van der Waals surface area contributed by atoms with E-state index in [4.69, 9.17) is 9.47 Å². The molecule has 2 aromatic heterocycles. The van der Waals surface area contributed by atoms with Crippen molar-refractivity contribution in [1.82, 2.24) is 19.6 Å². The molecule has 0 bridgehead atoms. The second-order valence-electron chi connectivity index (χ2n) is 5.58. The third kappa shape index (κ3) is 2.71. The number of methoxy groups -OCH3 is 1. The quantitative estimate of drug-likeness (QED) is 0.845. The van der Waals surface area contributed by atoms with Gasteiger partial charge >= 0.3 is 0 Å². The predicted molar refractivity (Wildman–Crippen MR) is 78.4 cm³/mol. The highest BCUT2D eigenvalue weighted by atomic mass is 16.5. The Morgan fingerprint density at radius 2 is 2.33 bits per heavy atom. The summed E-state index contributed by atoms with van der Waals surface area (Å²) in [4.78, 5) is 10.9. The Morgan fingerprint density at radius 1 is 1.48 bits per heavy atom. The predicted octanol–water partition coefficient (Wildman–Crippen LogP) is 1.28. The maximum atomic E-state index is 5.91. The second kappa shape index (κ2) is 5.57. The fourth-order valence-corrected chi connectivity index (χ4v) is 2.63. The van der Waals surface area contributed by atoms with Gasteiger partial charge in [0.2, 0.25) is 0 Å². The molecule has 0 saturated carbocycles. The first-order chi connectivity index (χ1) is 10.1. The molecule has 0 spiro atoms. The van der Waals surface area contributed by atoms with Crippen LogP contribution in [0.3, 0.4) is 0 Å². The zero-order valence-corrected chi connectivity index (χ0v) is 12.7. The topological polar surface area (TPSA) is 64.8 Å². The number of rotatable bonds is 4. The lowest BCUT2D eigenvalue weighted by molar-refractivity contribution is -0.0444. The summed E-state index contributed by atoms with van der Waals surface area (Å²) in [5.74, 6) is 1.59. The van der Waals surface area contributed by atoms with E-state index in [0.29, 0.717) is 19.0 Å². The molecule has 3 rings (SSSR count). The number of hydrogen-bond acceptors (Lipinski definition) is 6. The van der Waals surface area contributed by atoms with Gasteiger partial charge in [0.1, 0.15) is 12.1 Å². The molecular formula is C14H21N5O2. The largest absolute Gasteiger partial charge is 0.378 e. The van der Waals surface area contributed by atoms with E-state index in [2.05, 4.69) is 33.8 Å². The summed E-state index contributed by atoms with van der Waals surface area (Å²) in [7, 11) is 1.66. The Labute approximate surface area is 123 Å². The molecule has 7 heteroatoms. The van der Waals surface area contributed by atoms with Crippen molar-refractivity contribution in [3.05, 3.63) is 18.1 Å². The lowest BCUT2D eigenvalue weighted by atomic mass is 10.0. The second-order valence-corrected chi connectivity index (χ2v) is 5.58. The van der Waals surface area contributed by atoms with Gasteiger partial charge in [-0.25, -0.2) is 4.98 Å². The number of ether oxygens (including phenoxy) is 2. The maximum absolute atomic E-state index is 5.91. The Bertz CT molecular complexity index is 629. The van der Waals surface area contributed by atoms with Crippen LogP contribution in [0.5, 0.6) is 0 Å². The van der Waals surface area contributed by atoms with E-state index in [0.717, 1.165) is 31.0 Å². The van der Waals surface area contributed by atoms with Crippen molar-refractivity contribution in [1.29, 1.82) is 0 Å². The van der Waals surface area contributed by atoms with Gasteiger partial charge in [0.15, 0.2) is 0 Å². The van der Waals surface area contributed by atoms with Gasteiger partial charge in [0.25, 0.3) is 5.78 Å². The van der Waals surface area contributed by atoms with E-state index in [1.54, 1.807) is 11.6 Å². The average molecular weight is 291 g/mol. The Morgan fingerprint density at radius 3 is 3.10 bits per heavy atom. The van der Waals surface area contributed by atoms with Crippen LogP contribution in [0.4, 0.5) is 5.82 Å². The minimum absolute atomic E-state index is 0.129. The van der Waals surface area contributed by atoms with Gasteiger partial charge in [-0.2, -0.15) is 14.6 Å². The molecule has 2 aromatic rings. The highest BCUT2D eigenvalue weighted by Gasteiger charge is 2.31. The fourth-order valence-electron chi connectivity index (χ4n) is 2.63. The minimum Gasteiger partial charge on any atom is -0.378 e. The van der Waals surface area contributed by atoms with Crippen LogP contribution in [0, 0.1) is 0 Å². The molecule has 114 valence electrons. The average Bonchev–Trinajstić information content (AvgIpc) is 2.95. The van der Waals surface area contributed by atoms with Gasteiger partial charge < -0.3 is 14.4 Å². The highest BCUT2D eigenvalue weighted by Crippen LogP contribution is 2.26. The molecule has 21 heavy (non-hydrogen) atoms. The maximum Gasteiger partial charge on any atom is 0.254 e. The molecular weight excluding hydrogens is 270 g/mol. The van der Waals surface area contributed by atoms with E-state index in [1.807, 2.05) is 6.07 Å². The first-order valence-electron chi connectivity index (χ1n) is 7.23. The van der Waals surface area contributed by atoms with Crippen LogP contribution in [0.2, 0.25) is 0 Å². The van der Waals surface area contributed by atoms with Crippen LogP contribution in [-0.2, 0) is 16.1 Å². The Kier molecular flexibility index (Phi) is 3.77. The zero-order valence-electron chi connectivity index (χ0n) is 12.7. The Balaban J connectivity index is 2.00. The van der Waals surface area contributed by atoms with Crippen molar-refractivity contribution in [2.75, 3.05) is 31.7 Å². The van der Waals surface area contributed by atoms with E-state index in [1.165, 1.54) is 6.33 Å². The first-order valence-corrected chi connectivity index (χ1v) is 7.23. The van der Waals surface area contributed by atoms with Gasteiger partial charge in [-0.05, 0) is 13.3 Å². The van der Waals surface area contributed by atoms with E-state index in [-0.39, 0.29) is 5.60 Å². The standard InChI is InChI=1S/C14H21N5O2/c1-4-14(2)9-18(5-6-21-14)12-7-11(8-20-3)17-13-15-10-16-19(12)13/h7,10H,4-6,8-9H2,1-3H3. The van der Waals surface area contributed by atoms with Gasteiger partial charge in [0, 0.05) is 26.3 Å². The van der Waals surface area contributed by atoms with Crippen molar-refractivity contribution in [2.24, 2.45) is 0 Å². The molecule has 1 aliphatic heterocycles. The van der Waals surface area contributed by atoms with Crippen LogP contribution in [-0.4, -0.2) is 52.0 Å². The molecule has 1 aliphatic rings. The van der Waals surface area contributed by atoms with Crippen LogP contribution < -0.4 is 4.90 Å². The van der Waals surface area contributed by atoms with Crippen LogP contribution in [0.15, 0.2) is 12.4 Å². The molecule has 1 saturated heterocycles. The summed E-state index contributed by atoms with van der Waals surface area (Å²) in [6.07, 6.45) is 2.50.